The zero-order chi connectivity index (χ0) is 16.0. The molecule has 0 atom stereocenters. The van der Waals surface area contributed by atoms with Gasteiger partial charge in [-0.1, -0.05) is 0 Å². The summed E-state index contributed by atoms with van der Waals surface area (Å²) in [6.07, 6.45) is 0. The molecule has 0 unspecified atom stereocenters. The van der Waals surface area contributed by atoms with Crippen LogP contribution in [-0.4, -0.2) is 25.5 Å². The number of rotatable bonds is 1. The Balaban J connectivity index is 2.32. The van der Waals surface area contributed by atoms with Crippen molar-refractivity contribution in [1.82, 2.24) is 0 Å². The summed E-state index contributed by atoms with van der Waals surface area (Å²) in [5.74, 6) is -2.53. The summed E-state index contributed by atoms with van der Waals surface area (Å²) in [5.41, 5.74) is -0.842. The number of fused-ring (bicyclic) bond motifs is 1. The molecule has 3 aromatic rings. The maximum absolute atomic E-state index is 12.0. The summed E-state index contributed by atoms with van der Waals surface area (Å²) in [6.45, 7) is 0. The van der Waals surface area contributed by atoms with Crippen molar-refractivity contribution in [2.75, 3.05) is 0 Å². The quantitative estimate of drug-likeness (QED) is 0.343. The number of hydrogen-bond acceptors (Lipinski definition) is 7. The Morgan fingerprint density at radius 2 is 1.41 bits per heavy atom. The highest BCUT2D eigenvalue weighted by Crippen LogP contribution is 2.39. The maximum Gasteiger partial charge on any atom is 0.344 e. The van der Waals surface area contributed by atoms with E-state index in [1.807, 2.05) is 0 Å². The van der Waals surface area contributed by atoms with E-state index in [1.54, 1.807) is 0 Å². The molecule has 0 saturated carbocycles. The van der Waals surface area contributed by atoms with E-state index in [1.165, 1.54) is 12.1 Å². The second-order valence-electron chi connectivity index (χ2n) is 4.69. The SMILES string of the molecule is O=c1oc2c(O)cc(O)cc2cc1-c1cc(O)c(O)c(O)c1. The Morgan fingerprint density at radius 1 is 0.773 bits per heavy atom. The molecule has 7 nitrogen and oxygen atoms in total. The van der Waals surface area contributed by atoms with Gasteiger partial charge in [0.05, 0.1) is 5.56 Å². The molecular formula is C15H10O7. The Morgan fingerprint density at radius 3 is 2.05 bits per heavy atom. The number of hydrogen-bond donors (Lipinski definition) is 5. The molecule has 3 rings (SSSR count). The molecule has 2 aromatic carbocycles. The molecule has 0 amide bonds. The molecule has 7 heteroatoms. The minimum absolute atomic E-state index is 0.0249. The first-order valence-electron chi connectivity index (χ1n) is 6.12. The normalized spacial score (nSPS) is 10.9. The van der Waals surface area contributed by atoms with Crippen LogP contribution in [-0.2, 0) is 0 Å². The first kappa shape index (κ1) is 13.6. The largest absolute Gasteiger partial charge is 0.508 e. The summed E-state index contributed by atoms with van der Waals surface area (Å²) >= 11 is 0. The van der Waals surface area contributed by atoms with Crippen molar-refractivity contribution in [3.63, 3.8) is 0 Å². The van der Waals surface area contributed by atoms with E-state index in [4.69, 9.17) is 4.42 Å². The fraction of sp³-hybridized carbons (Fsp3) is 0. The summed E-state index contributed by atoms with van der Waals surface area (Å²) in [4.78, 5) is 12.0. The fourth-order valence-electron chi connectivity index (χ4n) is 2.16. The lowest BCUT2D eigenvalue weighted by molar-refractivity contribution is 0.368. The third-order valence-corrected chi connectivity index (χ3v) is 3.18. The number of phenols is 5. The lowest BCUT2D eigenvalue weighted by atomic mass is 10.0. The van der Waals surface area contributed by atoms with Crippen LogP contribution >= 0.6 is 0 Å². The van der Waals surface area contributed by atoms with Gasteiger partial charge in [0.1, 0.15) is 5.75 Å². The third-order valence-electron chi connectivity index (χ3n) is 3.18. The van der Waals surface area contributed by atoms with Crippen molar-refractivity contribution in [3.05, 3.63) is 40.8 Å². The minimum atomic E-state index is -0.821. The predicted octanol–water partition coefficient (Wildman–Crippen LogP) is 1.99. The molecule has 0 spiro atoms. The van der Waals surface area contributed by atoms with Crippen LogP contribution in [0.15, 0.2) is 39.5 Å². The van der Waals surface area contributed by atoms with Gasteiger partial charge >= 0.3 is 5.63 Å². The Bertz CT molecular complexity index is 933. The van der Waals surface area contributed by atoms with Gasteiger partial charge in [0, 0.05) is 11.5 Å². The molecule has 0 aliphatic heterocycles. The van der Waals surface area contributed by atoms with Crippen LogP contribution in [0, 0.1) is 0 Å². The molecule has 5 N–H and O–H groups in total. The Hall–Kier alpha value is -3.35. The summed E-state index contributed by atoms with van der Waals surface area (Å²) in [7, 11) is 0. The van der Waals surface area contributed by atoms with Gasteiger partial charge in [0.25, 0.3) is 0 Å². The van der Waals surface area contributed by atoms with Crippen molar-refractivity contribution in [2.45, 2.75) is 0 Å². The van der Waals surface area contributed by atoms with Gasteiger partial charge < -0.3 is 29.9 Å². The molecule has 0 saturated heterocycles. The highest BCUT2D eigenvalue weighted by Gasteiger charge is 2.15. The number of aromatic hydroxyl groups is 5. The van der Waals surface area contributed by atoms with Gasteiger partial charge in [-0.05, 0) is 29.8 Å². The van der Waals surface area contributed by atoms with Crippen LogP contribution in [0.2, 0.25) is 0 Å². The molecule has 0 aliphatic carbocycles. The van der Waals surface area contributed by atoms with E-state index >= 15 is 0 Å². The van der Waals surface area contributed by atoms with Crippen LogP contribution in [0.5, 0.6) is 28.7 Å². The van der Waals surface area contributed by atoms with Crippen molar-refractivity contribution < 1.29 is 29.9 Å². The lowest BCUT2D eigenvalue weighted by Gasteiger charge is -2.07. The molecule has 0 radical (unpaired) electrons. The third kappa shape index (κ3) is 2.05. The summed E-state index contributed by atoms with van der Waals surface area (Å²) < 4.78 is 5.00. The second-order valence-corrected chi connectivity index (χ2v) is 4.69. The highest BCUT2D eigenvalue weighted by atomic mass is 16.4. The fourth-order valence-corrected chi connectivity index (χ4v) is 2.16. The number of benzene rings is 2. The van der Waals surface area contributed by atoms with E-state index in [0.717, 1.165) is 18.2 Å². The van der Waals surface area contributed by atoms with Crippen molar-refractivity contribution in [1.29, 1.82) is 0 Å². The smallest absolute Gasteiger partial charge is 0.344 e. The van der Waals surface area contributed by atoms with Crippen molar-refractivity contribution >= 4 is 11.0 Å². The topological polar surface area (TPSA) is 131 Å². The standard InChI is InChI=1S/C15H10O7/c16-8-1-7-2-9(15(21)22-14(7)12(19)5-8)6-3-10(17)13(20)11(18)4-6/h1-5,16-20H. The molecule has 1 aromatic heterocycles. The Kier molecular flexibility index (Phi) is 2.84. The predicted molar refractivity (Wildman–Crippen MR) is 76.2 cm³/mol. The average molecular weight is 302 g/mol. The van der Waals surface area contributed by atoms with Crippen LogP contribution in [0.25, 0.3) is 22.1 Å². The van der Waals surface area contributed by atoms with Gasteiger partial charge in [0.15, 0.2) is 28.6 Å². The van der Waals surface area contributed by atoms with Gasteiger partial charge in [-0.25, -0.2) is 4.79 Å². The maximum atomic E-state index is 12.0. The van der Waals surface area contributed by atoms with Crippen LogP contribution in [0.4, 0.5) is 0 Å². The summed E-state index contributed by atoms with van der Waals surface area (Å²) in [6, 6.07) is 5.79. The zero-order valence-corrected chi connectivity index (χ0v) is 10.9. The number of phenolic OH excluding ortho intramolecular Hbond substituents is 5. The minimum Gasteiger partial charge on any atom is -0.508 e. The second kappa shape index (κ2) is 4.59. The molecular weight excluding hydrogens is 292 g/mol. The van der Waals surface area contributed by atoms with Gasteiger partial charge in [-0.3, -0.25) is 0 Å². The average Bonchev–Trinajstić information content (AvgIpc) is 2.44. The molecule has 22 heavy (non-hydrogen) atoms. The first-order chi connectivity index (χ1) is 10.4. The molecule has 0 fully saturated rings. The van der Waals surface area contributed by atoms with Crippen LogP contribution in [0.3, 0.4) is 0 Å². The van der Waals surface area contributed by atoms with E-state index in [0.29, 0.717) is 0 Å². The van der Waals surface area contributed by atoms with E-state index < -0.39 is 28.6 Å². The molecule has 0 bridgehead atoms. The van der Waals surface area contributed by atoms with Gasteiger partial charge in [0.2, 0.25) is 0 Å². The monoisotopic (exact) mass is 302 g/mol. The van der Waals surface area contributed by atoms with Crippen molar-refractivity contribution in [3.8, 4) is 39.9 Å². The summed E-state index contributed by atoms with van der Waals surface area (Å²) in [5, 5.41) is 47.7. The van der Waals surface area contributed by atoms with E-state index in [2.05, 4.69) is 0 Å². The molecule has 1 heterocycles. The van der Waals surface area contributed by atoms with Crippen LogP contribution in [0.1, 0.15) is 0 Å². The molecule has 0 aliphatic rings. The zero-order valence-electron chi connectivity index (χ0n) is 10.9. The van der Waals surface area contributed by atoms with Gasteiger partial charge in [-0.15, -0.1) is 0 Å². The molecule has 112 valence electrons. The van der Waals surface area contributed by atoms with Gasteiger partial charge in [-0.2, -0.15) is 0 Å². The van der Waals surface area contributed by atoms with E-state index in [9.17, 15) is 30.3 Å². The Labute approximate surface area is 122 Å². The van der Waals surface area contributed by atoms with Crippen molar-refractivity contribution in [2.24, 2.45) is 0 Å². The first-order valence-corrected chi connectivity index (χ1v) is 6.12. The highest BCUT2D eigenvalue weighted by molar-refractivity contribution is 5.87. The van der Waals surface area contributed by atoms with E-state index in [-0.39, 0.29) is 27.8 Å². The lowest BCUT2D eigenvalue weighted by Crippen LogP contribution is -2.02. The van der Waals surface area contributed by atoms with Crippen LogP contribution < -0.4 is 5.63 Å².